The van der Waals surface area contributed by atoms with Crippen LogP contribution in [-0.2, 0) is 6.54 Å². The summed E-state index contributed by atoms with van der Waals surface area (Å²) in [5.74, 6) is 2.68. The highest BCUT2D eigenvalue weighted by Gasteiger charge is 2.20. The lowest BCUT2D eigenvalue weighted by Crippen LogP contribution is -2.06. The number of rotatable bonds is 7. The summed E-state index contributed by atoms with van der Waals surface area (Å²) in [7, 11) is 3.23. The van der Waals surface area contributed by atoms with E-state index in [2.05, 4.69) is 16.6 Å². The number of benzene rings is 1. The van der Waals surface area contributed by atoms with Gasteiger partial charge in [-0.1, -0.05) is 6.07 Å². The van der Waals surface area contributed by atoms with Crippen LogP contribution in [0.3, 0.4) is 0 Å². The molecule has 30 heavy (non-hydrogen) atoms. The summed E-state index contributed by atoms with van der Waals surface area (Å²) >= 11 is 0. The number of aromatic nitrogens is 1. The van der Waals surface area contributed by atoms with Crippen LogP contribution >= 0.6 is 0 Å². The van der Waals surface area contributed by atoms with Crippen LogP contribution in [0.4, 0.5) is 0 Å². The van der Waals surface area contributed by atoms with E-state index >= 15 is 0 Å². The highest BCUT2D eigenvalue weighted by atomic mass is 16.5. The zero-order chi connectivity index (χ0) is 21.8. The molecule has 0 aliphatic rings. The number of nitrogens with one attached hydrogen (secondary N) is 1. The fourth-order valence-corrected chi connectivity index (χ4v) is 3.37. The molecule has 0 saturated heterocycles. The number of hydrogen-bond acceptors (Lipinski definition) is 6. The van der Waals surface area contributed by atoms with Crippen LogP contribution in [0.2, 0.25) is 0 Å². The van der Waals surface area contributed by atoms with E-state index in [0.29, 0.717) is 29.5 Å². The lowest BCUT2D eigenvalue weighted by molar-refractivity contribution is 0.354. The molecule has 2 heterocycles. The van der Waals surface area contributed by atoms with Gasteiger partial charge in [0.05, 0.1) is 27.0 Å². The van der Waals surface area contributed by atoms with E-state index in [1.165, 1.54) is 0 Å². The van der Waals surface area contributed by atoms with Gasteiger partial charge in [0.15, 0.2) is 11.5 Å². The molecular formula is C23H26N4O3. The maximum absolute atomic E-state index is 9.54. The third-order valence-corrected chi connectivity index (χ3v) is 5.18. The van der Waals surface area contributed by atoms with Crippen molar-refractivity contribution < 1.29 is 13.9 Å². The number of ether oxygens (including phenoxy) is 2. The normalized spacial score (nSPS) is 11.0. The minimum absolute atomic E-state index is 0.546. The van der Waals surface area contributed by atoms with Crippen molar-refractivity contribution in [2.45, 2.75) is 34.2 Å². The topological polar surface area (TPSA) is 84.7 Å². The number of methoxy groups -OCH3 is 2. The van der Waals surface area contributed by atoms with Gasteiger partial charge in [-0.25, -0.2) is 0 Å². The lowest BCUT2D eigenvalue weighted by atomic mass is 10.2. The van der Waals surface area contributed by atoms with Crippen LogP contribution < -0.4 is 14.9 Å². The predicted molar refractivity (Wildman–Crippen MR) is 116 cm³/mol. The van der Waals surface area contributed by atoms with Crippen LogP contribution in [0.5, 0.6) is 11.5 Å². The molecule has 1 aromatic carbocycles. The van der Waals surface area contributed by atoms with Gasteiger partial charge in [-0.15, -0.1) is 0 Å². The highest BCUT2D eigenvalue weighted by Crippen LogP contribution is 2.29. The molecule has 7 nitrogen and oxygen atoms in total. The summed E-state index contributed by atoms with van der Waals surface area (Å²) < 4.78 is 18.4. The van der Waals surface area contributed by atoms with Crippen molar-refractivity contribution in [3.63, 3.8) is 0 Å². The Morgan fingerprint density at radius 3 is 2.53 bits per heavy atom. The molecule has 0 radical (unpaired) electrons. The summed E-state index contributed by atoms with van der Waals surface area (Å²) in [4.78, 5) is 0. The molecule has 0 unspecified atom stereocenters. The predicted octanol–water partition coefficient (Wildman–Crippen LogP) is 4.32. The van der Waals surface area contributed by atoms with E-state index in [4.69, 9.17) is 13.9 Å². The Bertz CT molecular complexity index is 1130. The van der Waals surface area contributed by atoms with Crippen molar-refractivity contribution in [1.82, 2.24) is 9.99 Å². The number of hydrazone groups is 1. The lowest BCUT2D eigenvalue weighted by Gasteiger charge is -2.09. The standard InChI is InChI=1S/C23H26N4O3/c1-14-9-19(16(3)27(14)23-20(11-24)15(2)17(4)30-23)13-26-25-12-18-7-8-21(28-5)22(10-18)29-6/h7-10,13,25H,12H2,1-6H3/b26-13+. The average Bonchev–Trinajstić information content (AvgIpc) is 3.18. The molecule has 0 amide bonds. The minimum Gasteiger partial charge on any atom is -0.493 e. The van der Waals surface area contributed by atoms with Crippen molar-refractivity contribution in [1.29, 1.82) is 5.26 Å². The molecular weight excluding hydrogens is 380 g/mol. The summed E-state index contributed by atoms with van der Waals surface area (Å²) in [6.45, 7) is 8.28. The first kappa shape index (κ1) is 21.1. The van der Waals surface area contributed by atoms with Crippen LogP contribution in [0.25, 0.3) is 5.88 Å². The third-order valence-electron chi connectivity index (χ3n) is 5.18. The molecule has 3 aromatic rings. The number of nitriles is 1. The molecule has 0 saturated carbocycles. The summed E-state index contributed by atoms with van der Waals surface area (Å²) in [5.41, 5.74) is 8.38. The van der Waals surface area contributed by atoms with Gasteiger partial charge >= 0.3 is 0 Å². The van der Waals surface area contributed by atoms with Gasteiger partial charge in [0.25, 0.3) is 0 Å². The van der Waals surface area contributed by atoms with E-state index in [0.717, 1.165) is 33.8 Å². The average molecular weight is 406 g/mol. The Kier molecular flexibility index (Phi) is 6.17. The van der Waals surface area contributed by atoms with Crippen molar-refractivity contribution in [3.8, 4) is 23.5 Å². The summed E-state index contributed by atoms with van der Waals surface area (Å²) in [6.07, 6.45) is 1.77. The molecule has 0 aliphatic carbocycles. The SMILES string of the molecule is COc1ccc(CN/N=C/c2cc(C)n(-c3oc(C)c(C)c3C#N)c2C)cc1OC. The minimum atomic E-state index is 0.546. The maximum atomic E-state index is 9.54. The van der Waals surface area contributed by atoms with Crippen LogP contribution in [0, 0.1) is 39.0 Å². The largest absolute Gasteiger partial charge is 0.493 e. The Labute approximate surface area is 176 Å². The Hall–Kier alpha value is -3.66. The van der Waals surface area contributed by atoms with Gasteiger partial charge in [0.2, 0.25) is 5.88 Å². The Morgan fingerprint density at radius 1 is 1.13 bits per heavy atom. The number of nitrogens with zero attached hydrogens (tertiary/aromatic N) is 3. The second-order valence-electron chi connectivity index (χ2n) is 7.02. The smallest absolute Gasteiger partial charge is 0.222 e. The first-order valence-electron chi connectivity index (χ1n) is 9.57. The van der Waals surface area contributed by atoms with E-state index in [-0.39, 0.29) is 0 Å². The number of hydrogen-bond donors (Lipinski definition) is 1. The van der Waals surface area contributed by atoms with E-state index in [1.807, 2.05) is 56.5 Å². The summed E-state index contributed by atoms with van der Waals surface area (Å²) in [6, 6.07) is 10.0. The number of furan rings is 1. The van der Waals surface area contributed by atoms with Crippen molar-refractivity contribution >= 4 is 6.21 Å². The second-order valence-corrected chi connectivity index (χ2v) is 7.02. The van der Waals surface area contributed by atoms with Gasteiger partial charge in [-0.2, -0.15) is 10.4 Å². The maximum Gasteiger partial charge on any atom is 0.222 e. The van der Waals surface area contributed by atoms with E-state index in [9.17, 15) is 5.26 Å². The van der Waals surface area contributed by atoms with Crippen LogP contribution in [0.1, 0.15) is 39.4 Å². The first-order valence-corrected chi connectivity index (χ1v) is 9.57. The molecule has 0 fully saturated rings. The molecule has 3 rings (SSSR count). The van der Waals surface area contributed by atoms with Crippen LogP contribution in [0.15, 0.2) is 33.8 Å². The molecule has 2 aromatic heterocycles. The highest BCUT2D eigenvalue weighted by molar-refractivity contribution is 5.82. The molecule has 0 bridgehead atoms. The quantitative estimate of drug-likeness (QED) is 0.467. The zero-order valence-corrected chi connectivity index (χ0v) is 18.2. The molecule has 156 valence electrons. The molecule has 1 N–H and O–H groups in total. The second kappa shape index (κ2) is 8.78. The van der Waals surface area contributed by atoms with Crippen LogP contribution in [-0.4, -0.2) is 25.0 Å². The first-order chi connectivity index (χ1) is 14.4. The fraction of sp³-hybridized carbons (Fsp3) is 0.304. The Morgan fingerprint density at radius 2 is 1.87 bits per heavy atom. The van der Waals surface area contributed by atoms with Gasteiger partial charge in [-0.05, 0) is 51.5 Å². The van der Waals surface area contributed by atoms with Gasteiger partial charge in [0, 0.05) is 22.5 Å². The van der Waals surface area contributed by atoms with Crippen molar-refractivity contribution in [2.75, 3.05) is 14.2 Å². The van der Waals surface area contributed by atoms with Gasteiger partial charge < -0.3 is 19.3 Å². The Balaban J connectivity index is 1.78. The molecule has 0 atom stereocenters. The molecule has 0 spiro atoms. The van der Waals surface area contributed by atoms with Crippen molar-refractivity contribution in [2.24, 2.45) is 5.10 Å². The summed E-state index contributed by atoms with van der Waals surface area (Å²) in [5, 5.41) is 13.9. The van der Waals surface area contributed by atoms with Gasteiger partial charge in [-0.3, -0.25) is 4.57 Å². The van der Waals surface area contributed by atoms with Crippen molar-refractivity contribution in [3.05, 3.63) is 63.7 Å². The van der Waals surface area contributed by atoms with E-state index < -0.39 is 0 Å². The van der Waals surface area contributed by atoms with E-state index in [1.54, 1.807) is 20.4 Å². The molecule has 7 heteroatoms. The molecule has 0 aliphatic heterocycles. The third kappa shape index (κ3) is 3.90. The fourth-order valence-electron chi connectivity index (χ4n) is 3.37. The number of aryl methyl sites for hydroxylation is 2. The zero-order valence-electron chi connectivity index (χ0n) is 18.2. The van der Waals surface area contributed by atoms with Gasteiger partial charge in [0.1, 0.15) is 17.4 Å². The monoisotopic (exact) mass is 406 g/mol.